The third-order valence-electron chi connectivity index (χ3n) is 4.44. The third kappa shape index (κ3) is 4.66. The van der Waals surface area contributed by atoms with Gasteiger partial charge in [-0.1, -0.05) is 39.8 Å². The first-order valence-electron chi connectivity index (χ1n) is 8.65. The Morgan fingerprint density at radius 3 is 2.36 bits per heavy atom. The zero-order chi connectivity index (χ0) is 18.8. The van der Waals surface area contributed by atoms with Crippen LogP contribution in [0.3, 0.4) is 0 Å². The van der Waals surface area contributed by atoms with E-state index in [-0.39, 0.29) is 18.5 Å². The number of hydrogen-bond donors (Lipinski definition) is 1. The molecule has 1 heterocycles. The van der Waals surface area contributed by atoms with Gasteiger partial charge in [-0.25, -0.2) is 8.42 Å². The Labute approximate surface area is 150 Å². The number of sulfonamides is 1. The number of hydrogen-bond acceptors (Lipinski definition) is 4. The van der Waals surface area contributed by atoms with Gasteiger partial charge in [0, 0.05) is 19.0 Å². The summed E-state index contributed by atoms with van der Waals surface area (Å²) < 4.78 is 31.4. The van der Waals surface area contributed by atoms with E-state index in [1.54, 1.807) is 24.3 Å². The second kappa shape index (κ2) is 7.64. The topological polar surface area (TPSA) is 75.7 Å². The summed E-state index contributed by atoms with van der Waals surface area (Å²) in [6.45, 7) is 8.49. The van der Waals surface area contributed by atoms with Crippen molar-refractivity contribution in [2.24, 2.45) is 11.8 Å². The molecule has 1 N–H and O–H groups in total. The summed E-state index contributed by atoms with van der Waals surface area (Å²) in [7, 11) is -3.44. The molecule has 0 saturated heterocycles. The molecule has 1 amide bonds. The van der Waals surface area contributed by atoms with Crippen molar-refractivity contribution in [2.75, 3.05) is 17.1 Å². The molecule has 6 nitrogen and oxygen atoms in total. The van der Waals surface area contributed by atoms with Crippen LogP contribution in [0, 0.1) is 11.8 Å². The van der Waals surface area contributed by atoms with Crippen molar-refractivity contribution in [2.45, 2.75) is 46.3 Å². The van der Waals surface area contributed by atoms with Gasteiger partial charge in [-0.05, 0) is 24.0 Å². The van der Waals surface area contributed by atoms with Gasteiger partial charge in [-0.15, -0.1) is 0 Å². The van der Waals surface area contributed by atoms with E-state index in [0.717, 1.165) is 6.26 Å². The molecular weight excluding hydrogens is 340 g/mol. The van der Waals surface area contributed by atoms with Gasteiger partial charge in [-0.2, -0.15) is 0 Å². The van der Waals surface area contributed by atoms with Gasteiger partial charge in [0.05, 0.1) is 11.9 Å². The molecule has 0 aliphatic carbocycles. The van der Waals surface area contributed by atoms with E-state index in [9.17, 15) is 13.2 Å². The van der Waals surface area contributed by atoms with Gasteiger partial charge in [0.15, 0.2) is 6.10 Å². The second-order valence-electron chi connectivity index (χ2n) is 7.22. The minimum absolute atomic E-state index is 0.0422. The van der Waals surface area contributed by atoms with Gasteiger partial charge >= 0.3 is 0 Å². The maximum absolute atomic E-state index is 12.7. The number of amides is 1. The van der Waals surface area contributed by atoms with E-state index in [0.29, 0.717) is 29.7 Å². The minimum atomic E-state index is -3.44. The number of para-hydroxylation sites is 2. The lowest BCUT2D eigenvalue weighted by Crippen LogP contribution is -2.48. The van der Waals surface area contributed by atoms with Crippen LogP contribution in [0.25, 0.3) is 0 Å². The lowest BCUT2D eigenvalue weighted by Gasteiger charge is -2.28. The van der Waals surface area contributed by atoms with Crippen LogP contribution >= 0.6 is 0 Å². The summed E-state index contributed by atoms with van der Waals surface area (Å²) >= 11 is 0. The predicted molar refractivity (Wildman–Crippen MR) is 99.3 cm³/mol. The average molecular weight is 368 g/mol. The number of benzene rings is 1. The number of fused-ring (bicyclic) bond motifs is 1. The van der Waals surface area contributed by atoms with Gasteiger partial charge < -0.3 is 10.1 Å². The van der Waals surface area contributed by atoms with Crippen LogP contribution in [-0.2, 0) is 14.8 Å². The molecule has 25 heavy (non-hydrogen) atoms. The molecule has 1 aliphatic rings. The number of anilines is 1. The molecule has 1 aromatic rings. The molecule has 1 aliphatic heterocycles. The number of carbonyl (C=O) groups excluding carboxylic acids is 1. The molecule has 0 fully saturated rings. The quantitative estimate of drug-likeness (QED) is 0.866. The molecule has 0 radical (unpaired) electrons. The Bertz CT molecular complexity index is 708. The highest BCUT2D eigenvalue weighted by atomic mass is 32.2. The molecule has 0 aromatic heterocycles. The lowest BCUT2D eigenvalue weighted by atomic mass is 9.93. The maximum Gasteiger partial charge on any atom is 0.261 e. The van der Waals surface area contributed by atoms with Crippen LogP contribution in [0.4, 0.5) is 5.69 Å². The zero-order valence-electron chi connectivity index (χ0n) is 15.5. The van der Waals surface area contributed by atoms with Crippen molar-refractivity contribution < 1.29 is 17.9 Å². The largest absolute Gasteiger partial charge is 0.478 e. The molecule has 1 aromatic carbocycles. The highest BCUT2D eigenvalue weighted by molar-refractivity contribution is 7.92. The SMILES string of the molecule is CC(C)C(NC(=O)C1CCN(S(C)(=O)=O)c2ccccc2O1)C(C)C. The first-order chi connectivity index (χ1) is 11.6. The van der Waals surface area contributed by atoms with Gasteiger partial charge in [0.1, 0.15) is 5.75 Å². The fraction of sp³-hybridized carbons (Fsp3) is 0.611. The maximum atomic E-state index is 12.7. The van der Waals surface area contributed by atoms with Crippen LogP contribution in [0.5, 0.6) is 5.75 Å². The van der Waals surface area contributed by atoms with Crippen LogP contribution in [0.2, 0.25) is 0 Å². The highest BCUT2D eigenvalue weighted by Crippen LogP contribution is 2.33. The van der Waals surface area contributed by atoms with Crippen molar-refractivity contribution in [3.63, 3.8) is 0 Å². The predicted octanol–water partition coefficient (Wildman–Crippen LogP) is 2.40. The summed E-state index contributed by atoms with van der Waals surface area (Å²) in [5.41, 5.74) is 0.476. The molecule has 2 rings (SSSR count). The summed E-state index contributed by atoms with van der Waals surface area (Å²) in [6, 6.07) is 6.96. The minimum Gasteiger partial charge on any atom is -0.478 e. The lowest BCUT2D eigenvalue weighted by molar-refractivity contribution is -0.129. The third-order valence-corrected chi connectivity index (χ3v) is 5.62. The highest BCUT2D eigenvalue weighted by Gasteiger charge is 2.32. The van der Waals surface area contributed by atoms with E-state index in [1.165, 1.54) is 4.31 Å². The summed E-state index contributed by atoms with van der Waals surface area (Å²) in [5.74, 6) is 0.817. The molecule has 140 valence electrons. The average Bonchev–Trinajstić information content (AvgIpc) is 2.70. The van der Waals surface area contributed by atoms with E-state index < -0.39 is 16.1 Å². The van der Waals surface area contributed by atoms with Crippen LogP contribution in [0.15, 0.2) is 24.3 Å². The molecule has 1 atom stereocenters. The summed E-state index contributed by atoms with van der Waals surface area (Å²) in [6.07, 6.45) is 0.752. The first-order valence-corrected chi connectivity index (χ1v) is 10.5. The number of rotatable bonds is 5. The van der Waals surface area contributed by atoms with Gasteiger partial charge in [0.2, 0.25) is 10.0 Å². The van der Waals surface area contributed by atoms with Gasteiger partial charge in [-0.3, -0.25) is 9.10 Å². The number of nitrogens with zero attached hydrogens (tertiary/aromatic N) is 1. The number of ether oxygens (including phenoxy) is 1. The molecule has 0 saturated carbocycles. The van der Waals surface area contributed by atoms with Crippen molar-refractivity contribution in [3.05, 3.63) is 24.3 Å². The van der Waals surface area contributed by atoms with Crippen LogP contribution in [0.1, 0.15) is 34.1 Å². The van der Waals surface area contributed by atoms with Crippen molar-refractivity contribution in [3.8, 4) is 5.75 Å². The van der Waals surface area contributed by atoms with Crippen LogP contribution in [-0.4, -0.2) is 39.3 Å². The van der Waals surface area contributed by atoms with E-state index in [4.69, 9.17) is 4.74 Å². The van der Waals surface area contributed by atoms with Crippen LogP contribution < -0.4 is 14.4 Å². The first kappa shape index (κ1) is 19.6. The smallest absolute Gasteiger partial charge is 0.261 e. The Balaban J connectivity index is 2.25. The Hall–Kier alpha value is -1.76. The standard InChI is InChI=1S/C18H28N2O4S/c1-12(2)17(13(3)4)19-18(21)16-10-11-20(25(5,22)23)14-8-6-7-9-15(14)24-16/h6-9,12-13,16-17H,10-11H2,1-5H3,(H,19,21). The van der Waals surface area contributed by atoms with E-state index >= 15 is 0 Å². The van der Waals surface area contributed by atoms with E-state index in [1.807, 2.05) is 0 Å². The Morgan fingerprint density at radius 2 is 1.80 bits per heavy atom. The van der Waals surface area contributed by atoms with Crippen molar-refractivity contribution >= 4 is 21.6 Å². The fourth-order valence-electron chi connectivity index (χ4n) is 3.22. The monoisotopic (exact) mass is 368 g/mol. The molecule has 0 bridgehead atoms. The van der Waals surface area contributed by atoms with Crippen molar-refractivity contribution in [1.82, 2.24) is 5.32 Å². The summed E-state index contributed by atoms with van der Waals surface area (Å²) in [4.78, 5) is 12.7. The molecule has 7 heteroatoms. The number of nitrogens with one attached hydrogen (secondary N) is 1. The number of carbonyl (C=O) groups is 1. The van der Waals surface area contributed by atoms with Gasteiger partial charge in [0.25, 0.3) is 5.91 Å². The Morgan fingerprint density at radius 1 is 1.20 bits per heavy atom. The molecular formula is C18H28N2O4S. The zero-order valence-corrected chi connectivity index (χ0v) is 16.3. The Kier molecular flexibility index (Phi) is 5.98. The normalized spacial score (nSPS) is 18.1. The second-order valence-corrected chi connectivity index (χ2v) is 9.13. The van der Waals surface area contributed by atoms with Crippen molar-refractivity contribution in [1.29, 1.82) is 0 Å². The summed E-state index contributed by atoms with van der Waals surface area (Å²) in [5, 5.41) is 3.07. The molecule has 0 spiro atoms. The molecule has 1 unspecified atom stereocenters. The van der Waals surface area contributed by atoms with E-state index in [2.05, 4.69) is 33.0 Å². The fourth-order valence-corrected chi connectivity index (χ4v) is 4.16.